The van der Waals surface area contributed by atoms with Crippen LogP contribution in [0, 0.1) is 0 Å². The Hall–Kier alpha value is -3.61. The van der Waals surface area contributed by atoms with Crippen LogP contribution >= 0.6 is 0 Å². The molecule has 3 aromatic rings. The number of rotatable bonds is 8. The molecule has 1 heterocycles. The highest BCUT2D eigenvalue weighted by Crippen LogP contribution is 2.18. The molecule has 1 aromatic heterocycles. The molecule has 2 aromatic carbocycles. The average Bonchev–Trinajstić information content (AvgIpc) is 3.26. The minimum absolute atomic E-state index is 0.149. The van der Waals surface area contributed by atoms with Crippen LogP contribution in [0.2, 0.25) is 0 Å². The number of hydrogen-bond donors (Lipinski definition) is 2. The topological polar surface area (TPSA) is 97.6 Å². The third-order valence-electron chi connectivity index (χ3n) is 4.37. The monoisotopic (exact) mass is 394 g/mol. The van der Waals surface area contributed by atoms with E-state index in [1.165, 1.54) is 6.26 Å². The van der Waals surface area contributed by atoms with Crippen LogP contribution in [0.1, 0.15) is 24.3 Å². The number of ether oxygens (including phenoxy) is 1. The van der Waals surface area contributed by atoms with E-state index in [2.05, 4.69) is 10.6 Å². The first kappa shape index (κ1) is 20.1. The maximum atomic E-state index is 12.2. The van der Waals surface area contributed by atoms with Gasteiger partial charge in [0.05, 0.1) is 18.7 Å². The highest BCUT2D eigenvalue weighted by molar-refractivity contribution is 5.91. The second kappa shape index (κ2) is 9.54. The van der Waals surface area contributed by atoms with Crippen molar-refractivity contribution in [1.29, 1.82) is 0 Å². The number of benzene rings is 2. The minimum atomic E-state index is -0.683. The molecule has 7 heteroatoms. The van der Waals surface area contributed by atoms with E-state index in [0.717, 1.165) is 16.3 Å². The van der Waals surface area contributed by atoms with E-state index in [1.54, 1.807) is 19.1 Å². The molecule has 0 fully saturated rings. The van der Waals surface area contributed by atoms with E-state index in [-0.39, 0.29) is 24.9 Å². The summed E-state index contributed by atoms with van der Waals surface area (Å²) in [5.74, 6) is -0.832. The van der Waals surface area contributed by atoms with Gasteiger partial charge in [0.1, 0.15) is 12.3 Å². The van der Waals surface area contributed by atoms with E-state index in [4.69, 9.17) is 9.15 Å². The number of nitrogens with one attached hydrogen (secondary N) is 2. The standard InChI is InChI=1S/C22H22N2O5/c1-15(19-10-5-11-28-19)24-21(26)14-29-22(27)13-23-20(25)12-17-8-4-7-16-6-2-3-9-18(16)17/h2-11,15H,12-14H2,1H3,(H,23,25)(H,24,26)/t15-/m0/s1. The molecule has 3 rings (SSSR count). The number of carbonyl (C=O) groups excluding carboxylic acids is 3. The van der Waals surface area contributed by atoms with Gasteiger partial charge in [0.25, 0.3) is 5.91 Å². The summed E-state index contributed by atoms with van der Waals surface area (Å²) in [6, 6.07) is 16.7. The second-order valence-corrected chi connectivity index (χ2v) is 6.56. The Morgan fingerprint density at radius 1 is 1.00 bits per heavy atom. The average molecular weight is 394 g/mol. The van der Waals surface area contributed by atoms with Gasteiger partial charge in [-0.3, -0.25) is 14.4 Å². The molecular formula is C22H22N2O5. The number of carbonyl (C=O) groups is 3. The molecule has 150 valence electrons. The molecule has 7 nitrogen and oxygen atoms in total. The summed E-state index contributed by atoms with van der Waals surface area (Å²) in [5.41, 5.74) is 0.875. The summed E-state index contributed by atoms with van der Waals surface area (Å²) in [7, 11) is 0. The molecule has 2 N–H and O–H groups in total. The third kappa shape index (κ3) is 5.68. The summed E-state index contributed by atoms with van der Waals surface area (Å²) in [6.07, 6.45) is 1.66. The van der Waals surface area contributed by atoms with Crippen LogP contribution in [0.25, 0.3) is 10.8 Å². The van der Waals surface area contributed by atoms with E-state index in [9.17, 15) is 14.4 Å². The van der Waals surface area contributed by atoms with Crippen molar-refractivity contribution in [2.45, 2.75) is 19.4 Å². The molecule has 0 bridgehead atoms. The number of hydrogen-bond acceptors (Lipinski definition) is 5. The fourth-order valence-corrected chi connectivity index (χ4v) is 2.94. The van der Waals surface area contributed by atoms with E-state index >= 15 is 0 Å². The minimum Gasteiger partial charge on any atom is -0.467 e. The van der Waals surface area contributed by atoms with Gasteiger partial charge in [-0.25, -0.2) is 0 Å². The summed E-state index contributed by atoms with van der Waals surface area (Å²) in [6.45, 7) is 1.03. The van der Waals surface area contributed by atoms with Gasteiger partial charge >= 0.3 is 5.97 Å². The molecule has 29 heavy (non-hydrogen) atoms. The predicted molar refractivity (Wildman–Crippen MR) is 107 cm³/mol. The van der Waals surface area contributed by atoms with Crippen molar-refractivity contribution in [1.82, 2.24) is 10.6 Å². The van der Waals surface area contributed by atoms with Crippen LogP contribution in [-0.2, 0) is 25.5 Å². The largest absolute Gasteiger partial charge is 0.467 e. The SMILES string of the molecule is C[C@H](NC(=O)COC(=O)CNC(=O)Cc1cccc2ccccc12)c1ccco1. The van der Waals surface area contributed by atoms with Crippen molar-refractivity contribution in [3.8, 4) is 0 Å². The van der Waals surface area contributed by atoms with E-state index < -0.39 is 18.5 Å². The van der Waals surface area contributed by atoms with Crippen LogP contribution in [0.15, 0.2) is 65.3 Å². The lowest BCUT2D eigenvalue weighted by molar-refractivity contribution is -0.148. The summed E-state index contributed by atoms with van der Waals surface area (Å²) in [5, 5.41) is 7.22. The Bertz CT molecular complexity index is 992. The molecule has 0 saturated heterocycles. The molecule has 0 aliphatic carbocycles. The zero-order valence-corrected chi connectivity index (χ0v) is 16.0. The zero-order valence-electron chi connectivity index (χ0n) is 16.0. The molecular weight excluding hydrogens is 372 g/mol. The number of amides is 2. The lowest BCUT2D eigenvalue weighted by Crippen LogP contribution is -2.35. The molecule has 0 spiro atoms. The highest BCUT2D eigenvalue weighted by atomic mass is 16.5. The fraction of sp³-hybridized carbons (Fsp3) is 0.227. The van der Waals surface area contributed by atoms with Crippen molar-refractivity contribution >= 4 is 28.6 Å². The van der Waals surface area contributed by atoms with Gasteiger partial charge in [-0.15, -0.1) is 0 Å². The van der Waals surface area contributed by atoms with Crippen molar-refractivity contribution in [2.24, 2.45) is 0 Å². The Kier molecular flexibility index (Phi) is 6.63. The van der Waals surface area contributed by atoms with E-state index in [0.29, 0.717) is 5.76 Å². The van der Waals surface area contributed by atoms with Gasteiger partial charge in [0.15, 0.2) is 6.61 Å². The molecule has 0 aliphatic heterocycles. The van der Waals surface area contributed by atoms with Crippen molar-refractivity contribution in [2.75, 3.05) is 13.2 Å². The maximum absolute atomic E-state index is 12.2. The van der Waals surface area contributed by atoms with Crippen LogP contribution in [0.3, 0.4) is 0 Å². The molecule has 0 saturated carbocycles. The number of furan rings is 1. The Morgan fingerprint density at radius 3 is 2.59 bits per heavy atom. The third-order valence-corrected chi connectivity index (χ3v) is 4.37. The maximum Gasteiger partial charge on any atom is 0.325 e. The highest BCUT2D eigenvalue weighted by Gasteiger charge is 2.14. The summed E-state index contributed by atoms with van der Waals surface area (Å²) >= 11 is 0. The smallest absolute Gasteiger partial charge is 0.325 e. The van der Waals surface area contributed by atoms with Gasteiger partial charge in [0, 0.05) is 0 Å². The van der Waals surface area contributed by atoms with Gasteiger partial charge in [-0.2, -0.15) is 0 Å². The summed E-state index contributed by atoms with van der Waals surface area (Å²) < 4.78 is 10.1. The van der Waals surface area contributed by atoms with Gasteiger partial charge in [-0.1, -0.05) is 42.5 Å². The van der Waals surface area contributed by atoms with Crippen molar-refractivity contribution in [3.05, 3.63) is 72.2 Å². The van der Waals surface area contributed by atoms with Crippen LogP contribution < -0.4 is 10.6 Å². The second-order valence-electron chi connectivity index (χ2n) is 6.56. The Labute approximate surface area is 168 Å². The van der Waals surface area contributed by atoms with Crippen LogP contribution in [-0.4, -0.2) is 30.9 Å². The van der Waals surface area contributed by atoms with Gasteiger partial charge < -0.3 is 19.8 Å². The Morgan fingerprint density at radius 2 is 1.79 bits per heavy atom. The molecule has 2 amide bonds. The Balaban J connectivity index is 1.41. The summed E-state index contributed by atoms with van der Waals surface area (Å²) in [4.78, 5) is 35.8. The zero-order chi connectivity index (χ0) is 20.6. The van der Waals surface area contributed by atoms with Crippen LogP contribution in [0.4, 0.5) is 0 Å². The lowest BCUT2D eigenvalue weighted by atomic mass is 10.0. The van der Waals surface area contributed by atoms with Crippen molar-refractivity contribution < 1.29 is 23.5 Å². The van der Waals surface area contributed by atoms with Crippen molar-refractivity contribution in [3.63, 3.8) is 0 Å². The molecule has 0 radical (unpaired) electrons. The number of fused-ring (bicyclic) bond motifs is 1. The molecule has 0 aliphatic rings. The molecule has 1 atom stereocenters. The fourth-order valence-electron chi connectivity index (χ4n) is 2.94. The number of esters is 1. The first-order chi connectivity index (χ1) is 14.0. The van der Waals surface area contributed by atoms with E-state index in [1.807, 2.05) is 42.5 Å². The lowest BCUT2D eigenvalue weighted by Gasteiger charge is -2.12. The quantitative estimate of drug-likeness (QED) is 0.572. The van der Waals surface area contributed by atoms with Gasteiger partial charge in [-0.05, 0) is 35.4 Å². The van der Waals surface area contributed by atoms with Gasteiger partial charge in [0.2, 0.25) is 5.91 Å². The normalized spacial score (nSPS) is 11.6. The predicted octanol–water partition coefficient (Wildman–Crippen LogP) is 2.51. The van der Waals surface area contributed by atoms with Crippen LogP contribution in [0.5, 0.6) is 0 Å². The first-order valence-electron chi connectivity index (χ1n) is 9.24. The molecule has 0 unspecified atom stereocenters. The first-order valence-corrected chi connectivity index (χ1v) is 9.24.